The maximum absolute atomic E-state index is 12.8. The maximum Gasteiger partial charge on any atom is 0.125 e. The predicted octanol–water partition coefficient (Wildman–Crippen LogP) is 3.69. The quantitative estimate of drug-likeness (QED) is 0.618. The first-order chi connectivity index (χ1) is 6.74. The molecule has 0 saturated heterocycles. The minimum Gasteiger partial charge on any atom is -0.380 e. The van der Waals surface area contributed by atoms with Crippen LogP contribution in [0.15, 0.2) is 30.4 Å². The molecule has 76 valence electrons. The Bertz CT molecular complexity index is 326. The Morgan fingerprint density at radius 2 is 2.14 bits per heavy atom. The fourth-order valence-electron chi connectivity index (χ4n) is 0.948. The van der Waals surface area contributed by atoms with Gasteiger partial charge < -0.3 is 5.32 Å². The van der Waals surface area contributed by atoms with Crippen molar-refractivity contribution in [2.75, 3.05) is 17.7 Å². The largest absolute Gasteiger partial charge is 0.380 e. The molecule has 1 nitrogen and oxygen atoms in total. The molecule has 1 rings (SSSR count). The summed E-state index contributed by atoms with van der Waals surface area (Å²) in [6, 6.07) is 4.20. The van der Waals surface area contributed by atoms with Gasteiger partial charge in [0.15, 0.2) is 0 Å². The topological polar surface area (TPSA) is 12.0 Å². The zero-order chi connectivity index (χ0) is 10.4. The van der Waals surface area contributed by atoms with Gasteiger partial charge in [0.2, 0.25) is 0 Å². The van der Waals surface area contributed by atoms with Gasteiger partial charge in [-0.15, -0.1) is 11.6 Å². The summed E-state index contributed by atoms with van der Waals surface area (Å²) in [5.74, 6) is 0.164. The second kappa shape index (κ2) is 5.89. The van der Waals surface area contributed by atoms with E-state index in [1.807, 2.05) is 12.2 Å². The van der Waals surface area contributed by atoms with Crippen LogP contribution in [0.5, 0.6) is 0 Å². The molecule has 1 N–H and O–H groups in total. The standard InChI is InChI=1S/C10H10Cl2FN/c11-5-1-2-6-14-10-7-8(13)3-4-9(10)12/h1-4,7,14H,5-6H2/b2-1+. The molecule has 0 aliphatic heterocycles. The lowest BCUT2D eigenvalue weighted by Crippen LogP contribution is -1.99. The third kappa shape index (κ3) is 3.56. The van der Waals surface area contributed by atoms with Crippen molar-refractivity contribution in [1.29, 1.82) is 0 Å². The summed E-state index contributed by atoms with van der Waals surface area (Å²) in [6.07, 6.45) is 3.66. The Kier molecular flexibility index (Phi) is 4.77. The molecule has 1 aromatic carbocycles. The molecule has 0 bridgehead atoms. The lowest BCUT2D eigenvalue weighted by atomic mass is 10.3. The van der Waals surface area contributed by atoms with Crippen LogP contribution in [0.4, 0.5) is 10.1 Å². The molecule has 0 unspecified atom stereocenters. The molecule has 0 fully saturated rings. The molecule has 0 saturated carbocycles. The van der Waals surface area contributed by atoms with Gasteiger partial charge in [0.1, 0.15) is 5.82 Å². The zero-order valence-corrected chi connectivity index (χ0v) is 8.95. The Balaban J connectivity index is 2.57. The third-order valence-corrected chi connectivity index (χ3v) is 2.10. The number of anilines is 1. The smallest absolute Gasteiger partial charge is 0.125 e. The SMILES string of the molecule is Fc1ccc(Cl)c(NC/C=C/CCl)c1. The number of nitrogens with one attached hydrogen (secondary N) is 1. The van der Waals surface area contributed by atoms with Crippen molar-refractivity contribution in [2.45, 2.75) is 0 Å². The van der Waals surface area contributed by atoms with E-state index in [4.69, 9.17) is 23.2 Å². The van der Waals surface area contributed by atoms with Crippen molar-refractivity contribution >= 4 is 28.9 Å². The number of allylic oxidation sites excluding steroid dienone is 1. The molecule has 14 heavy (non-hydrogen) atoms. The summed E-state index contributed by atoms with van der Waals surface area (Å²) in [6.45, 7) is 0.579. The van der Waals surface area contributed by atoms with Crippen LogP contribution in [0.1, 0.15) is 0 Å². The number of hydrogen-bond donors (Lipinski definition) is 1. The van der Waals surface area contributed by atoms with Crippen molar-refractivity contribution in [2.24, 2.45) is 0 Å². The van der Waals surface area contributed by atoms with E-state index in [-0.39, 0.29) is 5.82 Å². The highest BCUT2D eigenvalue weighted by Crippen LogP contribution is 2.21. The minimum atomic E-state index is -0.307. The van der Waals surface area contributed by atoms with Gasteiger partial charge in [-0.3, -0.25) is 0 Å². The lowest BCUT2D eigenvalue weighted by Gasteiger charge is -2.05. The van der Waals surface area contributed by atoms with E-state index in [0.717, 1.165) is 0 Å². The van der Waals surface area contributed by atoms with Gasteiger partial charge in [-0.05, 0) is 18.2 Å². The summed E-state index contributed by atoms with van der Waals surface area (Å²) in [7, 11) is 0. The van der Waals surface area contributed by atoms with E-state index in [1.54, 1.807) is 0 Å². The molecular weight excluding hydrogens is 224 g/mol. The van der Waals surface area contributed by atoms with Gasteiger partial charge >= 0.3 is 0 Å². The first-order valence-corrected chi connectivity index (χ1v) is 5.05. The molecule has 0 aliphatic carbocycles. The molecule has 0 aliphatic rings. The van der Waals surface area contributed by atoms with E-state index in [2.05, 4.69) is 5.32 Å². The van der Waals surface area contributed by atoms with E-state index < -0.39 is 0 Å². The number of alkyl halides is 1. The van der Waals surface area contributed by atoms with Gasteiger partial charge in [0, 0.05) is 12.4 Å². The van der Waals surface area contributed by atoms with Gasteiger partial charge in [-0.25, -0.2) is 4.39 Å². The van der Waals surface area contributed by atoms with Gasteiger partial charge in [-0.2, -0.15) is 0 Å². The molecule has 0 heterocycles. The molecule has 0 amide bonds. The van der Waals surface area contributed by atoms with Gasteiger partial charge in [0.25, 0.3) is 0 Å². The van der Waals surface area contributed by atoms with Crippen LogP contribution < -0.4 is 5.32 Å². The van der Waals surface area contributed by atoms with Crippen LogP contribution in [0, 0.1) is 5.82 Å². The molecular formula is C10H10Cl2FN. The monoisotopic (exact) mass is 233 g/mol. The third-order valence-electron chi connectivity index (χ3n) is 1.59. The van der Waals surface area contributed by atoms with Gasteiger partial charge in [-0.1, -0.05) is 23.8 Å². The van der Waals surface area contributed by atoms with Crippen molar-refractivity contribution in [3.05, 3.63) is 41.2 Å². The van der Waals surface area contributed by atoms with E-state index in [0.29, 0.717) is 23.1 Å². The maximum atomic E-state index is 12.8. The molecule has 0 spiro atoms. The number of hydrogen-bond acceptors (Lipinski definition) is 1. The van der Waals surface area contributed by atoms with Crippen molar-refractivity contribution in [3.63, 3.8) is 0 Å². The Morgan fingerprint density at radius 3 is 2.86 bits per heavy atom. The average molecular weight is 234 g/mol. The second-order valence-corrected chi connectivity index (χ2v) is 3.35. The van der Waals surface area contributed by atoms with Gasteiger partial charge in [0.05, 0.1) is 10.7 Å². The average Bonchev–Trinajstić information content (AvgIpc) is 2.18. The molecule has 1 aromatic rings. The van der Waals surface area contributed by atoms with E-state index in [9.17, 15) is 4.39 Å². The van der Waals surface area contributed by atoms with Crippen LogP contribution in [0.2, 0.25) is 5.02 Å². The lowest BCUT2D eigenvalue weighted by molar-refractivity contribution is 0.628. The van der Waals surface area contributed by atoms with Crippen molar-refractivity contribution in [1.82, 2.24) is 0 Å². The highest BCUT2D eigenvalue weighted by Gasteiger charge is 1.99. The first kappa shape index (κ1) is 11.3. The van der Waals surface area contributed by atoms with Crippen LogP contribution >= 0.6 is 23.2 Å². The van der Waals surface area contributed by atoms with Crippen LogP contribution in [0.25, 0.3) is 0 Å². The Labute approximate surface area is 92.5 Å². The highest BCUT2D eigenvalue weighted by atomic mass is 35.5. The molecule has 4 heteroatoms. The van der Waals surface area contributed by atoms with Crippen molar-refractivity contribution < 1.29 is 4.39 Å². The summed E-state index contributed by atoms with van der Waals surface area (Å²) >= 11 is 11.3. The van der Waals surface area contributed by atoms with Crippen LogP contribution in [0.3, 0.4) is 0 Å². The predicted molar refractivity (Wildman–Crippen MR) is 59.8 cm³/mol. The summed E-state index contributed by atoms with van der Waals surface area (Å²) < 4.78 is 12.8. The number of benzene rings is 1. The summed E-state index contributed by atoms with van der Waals surface area (Å²) in [5.41, 5.74) is 0.589. The molecule has 0 aromatic heterocycles. The zero-order valence-electron chi connectivity index (χ0n) is 7.43. The first-order valence-electron chi connectivity index (χ1n) is 4.14. The highest BCUT2D eigenvalue weighted by molar-refractivity contribution is 6.33. The van der Waals surface area contributed by atoms with E-state index in [1.165, 1.54) is 18.2 Å². The second-order valence-electron chi connectivity index (χ2n) is 2.63. The van der Waals surface area contributed by atoms with Crippen molar-refractivity contribution in [3.8, 4) is 0 Å². The Morgan fingerprint density at radius 1 is 1.36 bits per heavy atom. The number of rotatable bonds is 4. The molecule has 0 radical (unpaired) electrons. The van der Waals surface area contributed by atoms with Crippen LogP contribution in [-0.2, 0) is 0 Å². The summed E-state index contributed by atoms with van der Waals surface area (Å²) in [5, 5.41) is 3.48. The fourth-order valence-corrected chi connectivity index (χ4v) is 1.26. The Hall–Kier alpha value is -0.730. The summed E-state index contributed by atoms with van der Waals surface area (Å²) in [4.78, 5) is 0. The normalized spacial score (nSPS) is 10.8. The fraction of sp³-hybridized carbons (Fsp3) is 0.200. The minimum absolute atomic E-state index is 0.307. The van der Waals surface area contributed by atoms with Crippen LogP contribution in [-0.4, -0.2) is 12.4 Å². The molecule has 0 atom stereocenters. The number of halogens is 3. The van der Waals surface area contributed by atoms with E-state index >= 15 is 0 Å².